The molecule has 0 atom stereocenters. The molecule has 1 N–H and O–H groups in total. The summed E-state index contributed by atoms with van der Waals surface area (Å²) in [5, 5.41) is -0.0655. The number of hydrogen-bond donors (Lipinski definition) is 1. The number of aryl methyl sites for hydroxylation is 1. The van der Waals surface area contributed by atoms with Crippen LogP contribution < -0.4 is 4.72 Å². The van der Waals surface area contributed by atoms with Gasteiger partial charge in [-0.2, -0.15) is 0 Å². The molecule has 0 radical (unpaired) electrons. The highest BCUT2D eigenvalue weighted by Crippen LogP contribution is 2.25. The lowest BCUT2D eigenvalue weighted by Gasteiger charge is -2.11. The first-order valence-electron chi connectivity index (χ1n) is 5.29. The van der Waals surface area contributed by atoms with Gasteiger partial charge >= 0.3 is 0 Å². The molecule has 0 bridgehead atoms. The summed E-state index contributed by atoms with van der Waals surface area (Å²) < 4.78 is 27.6. The largest absolute Gasteiger partial charge is 0.279 e. The number of hydrogen-bond acceptors (Lipinski definition) is 3. The maximum atomic E-state index is 12.3. The third-order valence-electron chi connectivity index (χ3n) is 2.45. The van der Waals surface area contributed by atoms with Gasteiger partial charge < -0.3 is 0 Å². The van der Waals surface area contributed by atoms with Crippen LogP contribution in [0, 0.1) is 6.92 Å². The third-order valence-corrected chi connectivity index (χ3v) is 4.68. The molecule has 0 aliphatic carbocycles. The van der Waals surface area contributed by atoms with Gasteiger partial charge in [0.15, 0.2) is 0 Å². The van der Waals surface area contributed by atoms with Gasteiger partial charge in [0.1, 0.15) is 10.0 Å². The van der Waals surface area contributed by atoms with Crippen LogP contribution in [0.1, 0.15) is 5.56 Å². The van der Waals surface area contributed by atoms with Crippen molar-refractivity contribution in [2.24, 2.45) is 0 Å². The monoisotopic (exact) mass is 360 g/mol. The number of para-hydroxylation sites is 1. The second kappa shape index (κ2) is 5.48. The molecule has 0 aliphatic rings. The van der Waals surface area contributed by atoms with Crippen LogP contribution in [0.15, 0.2) is 45.9 Å². The SMILES string of the molecule is Cc1ccccc1NS(=O)(=O)c1cc(Br)cnc1Cl. The Balaban J connectivity index is 2.44. The number of benzene rings is 1. The molecular weight excluding hydrogens is 352 g/mol. The quantitative estimate of drug-likeness (QED) is 0.850. The highest BCUT2D eigenvalue weighted by molar-refractivity contribution is 9.10. The van der Waals surface area contributed by atoms with E-state index >= 15 is 0 Å². The number of nitrogens with zero attached hydrogens (tertiary/aromatic N) is 1. The number of nitrogens with one attached hydrogen (secondary N) is 1. The highest BCUT2D eigenvalue weighted by atomic mass is 79.9. The molecule has 2 aromatic rings. The standard InChI is InChI=1S/C12H10BrClN2O2S/c1-8-4-2-3-5-10(8)16-19(17,18)11-6-9(13)7-15-12(11)14/h2-7,16H,1H3. The van der Waals surface area contributed by atoms with Crippen LogP contribution in [-0.4, -0.2) is 13.4 Å². The lowest BCUT2D eigenvalue weighted by atomic mass is 10.2. The summed E-state index contributed by atoms with van der Waals surface area (Å²) in [5.74, 6) is 0. The lowest BCUT2D eigenvalue weighted by molar-refractivity contribution is 0.600. The van der Waals surface area contributed by atoms with Gasteiger partial charge in [-0.25, -0.2) is 13.4 Å². The average Bonchev–Trinajstić information content (AvgIpc) is 2.35. The van der Waals surface area contributed by atoms with Crippen molar-refractivity contribution in [3.63, 3.8) is 0 Å². The van der Waals surface area contributed by atoms with E-state index < -0.39 is 10.0 Å². The van der Waals surface area contributed by atoms with Gasteiger partial charge in [0, 0.05) is 10.7 Å². The van der Waals surface area contributed by atoms with Gasteiger partial charge in [0.05, 0.1) is 5.69 Å². The normalized spacial score (nSPS) is 11.3. The summed E-state index contributed by atoms with van der Waals surface area (Å²) in [6.07, 6.45) is 1.44. The Morgan fingerprint density at radius 3 is 2.68 bits per heavy atom. The van der Waals surface area contributed by atoms with Gasteiger partial charge in [-0.1, -0.05) is 29.8 Å². The van der Waals surface area contributed by atoms with Gasteiger partial charge in [-0.3, -0.25) is 4.72 Å². The molecule has 0 saturated carbocycles. The second-order valence-electron chi connectivity index (χ2n) is 3.86. The zero-order valence-electron chi connectivity index (χ0n) is 9.89. The maximum Gasteiger partial charge on any atom is 0.265 e. The predicted molar refractivity (Wildman–Crippen MR) is 78.9 cm³/mol. The van der Waals surface area contributed by atoms with Gasteiger partial charge in [0.2, 0.25) is 0 Å². The minimum atomic E-state index is -3.76. The van der Waals surface area contributed by atoms with Crippen LogP contribution in [0.5, 0.6) is 0 Å². The molecule has 1 aromatic carbocycles. The second-order valence-corrected chi connectivity index (χ2v) is 6.79. The van der Waals surface area contributed by atoms with E-state index in [2.05, 4.69) is 25.6 Å². The number of aromatic nitrogens is 1. The Morgan fingerprint density at radius 2 is 2.00 bits per heavy atom. The Hall–Kier alpha value is -1.11. The Kier molecular flexibility index (Phi) is 4.13. The molecule has 0 amide bonds. The summed E-state index contributed by atoms with van der Waals surface area (Å²) in [6.45, 7) is 1.82. The molecule has 19 heavy (non-hydrogen) atoms. The topological polar surface area (TPSA) is 59.1 Å². The molecule has 0 aliphatic heterocycles. The maximum absolute atomic E-state index is 12.3. The fraction of sp³-hybridized carbons (Fsp3) is 0.0833. The summed E-state index contributed by atoms with van der Waals surface area (Å²) in [4.78, 5) is 3.75. The van der Waals surface area contributed by atoms with E-state index in [1.165, 1.54) is 12.3 Å². The van der Waals surface area contributed by atoms with E-state index in [0.29, 0.717) is 10.2 Å². The Morgan fingerprint density at radius 1 is 1.32 bits per heavy atom. The van der Waals surface area contributed by atoms with Crippen molar-refractivity contribution in [1.29, 1.82) is 0 Å². The van der Waals surface area contributed by atoms with Crippen LogP contribution in [-0.2, 0) is 10.0 Å². The molecule has 7 heteroatoms. The molecule has 0 spiro atoms. The van der Waals surface area contributed by atoms with E-state index in [1.807, 2.05) is 19.1 Å². The average molecular weight is 362 g/mol. The van der Waals surface area contributed by atoms with Crippen molar-refractivity contribution in [2.75, 3.05) is 4.72 Å². The summed E-state index contributed by atoms with van der Waals surface area (Å²) in [6, 6.07) is 8.51. The molecular formula is C12H10BrClN2O2S. The molecule has 1 heterocycles. The minimum Gasteiger partial charge on any atom is -0.279 e. The van der Waals surface area contributed by atoms with Crippen molar-refractivity contribution >= 4 is 43.2 Å². The number of halogens is 2. The highest BCUT2D eigenvalue weighted by Gasteiger charge is 2.20. The number of anilines is 1. The first kappa shape index (κ1) is 14.3. The van der Waals surface area contributed by atoms with Crippen molar-refractivity contribution in [3.8, 4) is 0 Å². The summed E-state index contributed by atoms with van der Waals surface area (Å²) in [7, 11) is -3.76. The van der Waals surface area contributed by atoms with Crippen molar-refractivity contribution in [1.82, 2.24) is 4.98 Å². The molecule has 2 rings (SSSR count). The molecule has 4 nitrogen and oxygen atoms in total. The van der Waals surface area contributed by atoms with Gasteiger partial charge in [-0.05, 0) is 40.5 Å². The number of sulfonamides is 1. The first-order valence-corrected chi connectivity index (χ1v) is 7.95. The van der Waals surface area contributed by atoms with E-state index in [-0.39, 0.29) is 10.0 Å². The smallest absolute Gasteiger partial charge is 0.265 e. The van der Waals surface area contributed by atoms with E-state index in [9.17, 15) is 8.42 Å². The van der Waals surface area contributed by atoms with Crippen LogP contribution in [0.2, 0.25) is 5.15 Å². The summed E-state index contributed by atoms with van der Waals surface area (Å²) in [5.41, 5.74) is 1.34. The molecule has 0 fully saturated rings. The van der Waals surface area contributed by atoms with Crippen LogP contribution in [0.3, 0.4) is 0 Å². The van der Waals surface area contributed by atoms with Crippen LogP contribution in [0.4, 0.5) is 5.69 Å². The van der Waals surface area contributed by atoms with Crippen molar-refractivity contribution in [3.05, 3.63) is 51.7 Å². The van der Waals surface area contributed by atoms with Crippen LogP contribution >= 0.6 is 27.5 Å². The lowest BCUT2D eigenvalue weighted by Crippen LogP contribution is -2.14. The Bertz CT molecular complexity index is 719. The van der Waals surface area contributed by atoms with Crippen molar-refractivity contribution in [2.45, 2.75) is 11.8 Å². The van der Waals surface area contributed by atoms with E-state index in [1.54, 1.807) is 12.1 Å². The fourth-order valence-corrected chi connectivity index (χ4v) is 3.56. The van der Waals surface area contributed by atoms with Gasteiger partial charge in [-0.15, -0.1) is 0 Å². The zero-order valence-corrected chi connectivity index (χ0v) is 13.1. The molecule has 1 aromatic heterocycles. The molecule has 0 unspecified atom stereocenters. The molecule has 0 saturated heterocycles. The van der Waals surface area contributed by atoms with Gasteiger partial charge in [0.25, 0.3) is 10.0 Å². The van der Waals surface area contributed by atoms with Crippen LogP contribution in [0.25, 0.3) is 0 Å². The van der Waals surface area contributed by atoms with E-state index in [4.69, 9.17) is 11.6 Å². The first-order chi connectivity index (χ1) is 8.90. The number of pyridine rings is 1. The predicted octanol–water partition coefficient (Wildman–Crippen LogP) is 3.61. The fourth-order valence-electron chi connectivity index (χ4n) is 1.48. The third kappa shape index (κ3) is 3.26. The molecule has 100 valence electrons. The zero-order chi connectivity index (χ0) is 14.0. The van der Waals surface area contributed by atoms with Crippen molar-refractivity contribution < 1.29 is 8.42 Å². The Labute approximate surface area is 125 Å². The number of rotatable bonds is 3. The minimum absolute atomic E-state index is 0.0632. The summed E-state index contributed by atoms with van der Waals surface area (Å²) >= 11 is 9.01. The van der Waals surface area contributed by atoms with E-state index in [0.717, 1.165) is 5.56 Å².